The fourth-order valence-electron chi connectivity index (χ4n) is 2.23. The van der Waals surface area contributed by atoms with Crippen molar-refractivity contribution >= 4 is 0 Å². The Hall–Kier alpha value is -0.0800. The van der Waals surface area contributed by atoms with Crippen molar-refractivity contribution in [3.63, 3.8) is 0 Å². The molecular formula is C10H22N2. The number of hydrogen-bond donors (Lipinski definition) is 1. The van der Waals surface area contributed by atoms with Gasteiger partial charge in [0.2, 0.25) is 0 Å². The molecular weight excluding hydrogens is 148 g/mol. The molecule has 0 amide bonds. The van der Waals surface area contributed by atoms with E-state index in [1.165, 1.54) is 19.3 Å². The van der Waals surface area contributed by atoms with Crippen molar-refractivity contribution in [2.24, 2.45) is 11.8 Å². The van der Waals surface area contributed by atoms with Gasteiger partial charge in [-0.1, -0.05) is 20.3 Å². The van der Waals surface area contributed by atoms with Gasteiger partial charge in [0.1, 0.15) is 0 Å². The van der Waals surface area contributed by atoms with Crippen LogP contribution in [0.2, 0.25) is 0 Å². The SMILES string of the molecule is CC1CCCC(C)C1NN(C)C. The quantitative estimate of drug-likeness (QED) is 0.637. The Balaban J connectivity index is 2.45. The summed E-state index contributed by atoms with van der Waals surface area (Å²) >= 11 is 0. The molecule has 2 heteroatoms. The molecule has 0 aromatic rings. The first-order valence-corrected chi connectivity index (χ1v) is 5.04. The second-order valence-corrected chi connectivity index (χ2v) is 4.43. The lowest BCUT2D eigenvalue weighted by atomic mass is 9.79. The molecule has 1 saturated carbocycles. The Morgan fingerprint density at radius 3 is 2.00 bits per heavy atom. The highest BCUT2D eigenvalue weighted by Crippen LogP contribution is 2.28. The summed E-state index contributed by atoms with van der Waals surface area (Å²) in [4.78, 5) is 0. The Bertz CT molecular complexity index is 124. The van der Waals surface area contributed by atoms with Crippen LogP contribution in [0.3, 0.4) is 0 Å². The highest BCUT2D eigenvalue weighted by atomic mass is 15.5. The van der Waals surface area contributed by atoms with Crippen molar-refractivity contribution in [2.75, 3.05) is 14.1 Å². The van der Waals surface area contributed by atoms with Gasteiger partial charge in [-0.3, -0.25) is 10.4 Å². The van der Waals surface area contributed by atoms with Crippen LogP contribution < -0.4 is 5.43 Å². The molecule has 0 radical (unpaired) electrons. The summed E-state index contributed by atoms with van der Waals surface area (Å²) in [6.45, 7) is 4.72. The number of nitrogens with zero attached hydrogens (tertiary/aromatic N) is 1. The van der Waals surface area contributed by atoms with Gasteiger partial charge in [0.05, 0.1) is 0 Å². The minimum absolute atomic E-state index is 0.689. The van der Waals surface area contributed by atoms with Gasteiger partial charge >= 0.3 is 0 Å². The van der Waals surface area contributed by atoms with Gasteiger partial charge < -0.3 is 0 Å². The predicted octanol–water partition coefficient (Wildman–Crippen LogP) is 1.88. The number of hydrogen-bond acceptors (Lipinski definition) is 2. The maximum absolute atomic E-state index is 3.51. The average molecular weight is 170 g/mol. The zero-order chi connectivity index (χ0) is 9.14. The summed E-state index contributed by atoms with van der Waals surface area (Å²) in [5, 5.41) is 2.09. The predicted molar refractivity (Wildman–Crippen MR) is 52.8 cm³/mol. The molecule has 1 aliphatic carbocycles. The summed E-state index contributed by atoms with van der Waals surface area (Å²) < 4.78 is 0. The summed E-state index contributed by atoms with van der Waals surface area (Å²) in [5.41, 5.74) is 3.51. The zero-order valence-electron chi connectivity index (χ0n) is 8.80. The van der Waals surface area contributed by atoms with E-state index in [4.69, 9.17) is 0 Å². The second-order valence-electron chi connectivity index (χ2n) is 4.43. The molecule has 1 rings (SSSR count). The van der Waals surface area contributed by atoms with Crippen LogP contribution in [-0.4, -0.2) is 25.1 Å². The molecule has 0 bridgehead atoms. The largest absolute Gasteiger partial charge is 0.252 e. The molecule has 1 aliphatic rings. The van der Waals surface area contributed by atoms with Crippen molar-refractivity contribution in [1.82, 2.24) is 10.4 Å². The van der Waals surface area contributed by atoms with Gasteiger partial charge in [-0.15, -0.1) is 0 Å². The van der Waals surface area contributed by atoms with E-state index in [1.807, 2.05) is 0 Å². The normalized spacial score (nSPS) is 37.2. The lowest BCUT2D eigenvalue weighted by Gasteiger charge is -2.37. The Morgan fingerprint density at radius 2 is 1.58 bits per heavy atom. The number of hydrazine groups is 1. The van der Waals surface area contributed by atoms with E-state index >= 15 is 0 Å². The molecule has 1 N–H and O–H groups in total. The third-order valence-electron chi connectivity index (χ3n) is 2.95. The van der Waals surface area contributed by atoms with Gasteiger partial charge in [0.15, 0.2) is 0 Å². The van der Waals surface area contributed by atoms with E-state index in [2.05, 4.69) is 38.4 Å². The first-order chi connectivity index (χ1) is 5.61. The smallest absolute Gasteiger partial charge is 0.0266 e. The van der Waals surface area contributed by atoms with E-state index < -0.39 is 0 Å². The topological polar surface area (TPSA) is 15.3 Å². The second kappa shape index (κ2) is 4.24. The maximum Gasteiger partial charge on any atom is 0.0266 e. The molecule has 0 spiro atoms. The van der Waals surface area contributed by atoms with Gasteiger partial charge in [-0.25, -0.2) is 0 Å². The van der Waals surface area contributed by atoms with Gasteiger partial charge in [0.25, 0.3) is 0 Å². The molecule has 0 heterocycles. The average Bonchev–Trinajstić information content (AvgIpc) is 1.97. The Morgan fingerprint density at radius 1 is 1.08 bits per heavy atom. The molecule has 0 aromatic heterocycles. The van der Waals surface area contributed by atoms with Crippen LogP contribution >= 0.6 is 0 Å². The molecule has 0 saturated heterocycles. The fraction of sp³-hybridized carbons (Fsp3) is 1.00. The summed E-state index contributed by atoms with van der Waals surface area (Å²) in [6, 6.07) is 0.689. The fourth-order valence-corrected chi connectivity index (χ4v) is 2.23. The van der Waals surface area contributed by atoms with Crippen LogP contribution in [0.1, 0.15) is 33.1 Å². The van der Waals surface area contributed by atoms with E-state index in [0.29, 0.717) is 6.04 Å². The van der Waals surface area contributed by atoms with Crippen molar-refractivity contribution in [2.45, 2.75) is 39.2 Å². The monoisotopic (exact) mass is 170 g/mol. The summed E-state index contributed by atoms with van der Waals surface area (Å²) in [5.74, 6) is 1.66. The molecule has 0 aromatic carbocycles. The van der Waals surface area contributed by atoms with Crippen LogP contribution in [0, 0.1) is 11.8 Å². The molecule has 0 aliphatic heterocycles. The highest BCUT2D eigenvalue weighted by Gasteiger charge is 2.27. The Kier molecular flexibility index (Phi) is 3.53. The molecule has 12 heavy (non-hydrogen) atoms. The molecule has 2 unspecified atom stereocenters. The van der Waals surface area contributed by atoms with Gasteiger partial charge in [0, 0.05) is 20.1 Å². The Labute approximate surface area is 76.3 Å². The van der Waals surface area contributed by atoms with Crippen molar-refractivity contribution in [3.05, 3.63) is 0 Å². The molecule has 2 atom stereocenters. The highest BCUT2D eigenvalue weighted by molar-refractivity contribution is 4.81. The first-order valence-electron chi connectivity index (χ1n) is 5.04. The van der Waals surface area contributed by atoms with Gasteiger partial charge in [-0.05, 0) is 24.7 Å². The van der Waals surface area contributed by atoms with Crippen LogP contribution in [0.4, 0.5) is 0 Å². The lowest BCUT2D eigenvalue weighted by Crippen LogP contribution is -2.48. The van der Waals surface area contributed by atoms with Crippen LogP contribution in [0.15, 0.2) is 0 Å². The van der Waals surface area contributed by atoms with E-state index in [9.17, 15) is 0 Å². The van der Waals surface area contributed by atoms with Crippen LogP contribution in [-0.2, 0) is 0 Å². The third kappa shape index (κ3) is 2.46. The van der Waals surface area contributed by atoms with Crippen LogP contribution in [0.5, 0.6) is 0 Å². The maximum atomic E-state index is 3.51. The molecule has 1 fully saturated rings. The first kappa shape index (κ1) is 10.0. The van der Waals surface area contributed by atoms with Crippen molar-refractivity contribution in [3.8, 4) is 0 Å². The van der Waals surface area contributed by atoms with E-state index in [-0.39, 0.29) is 0 Å². The van der Waals surface area contributed by atoms with Crippen LogP contribution in [0.25, 0.3) is 0 Å². The van der Waals surface area contributed by atoms with Crippen molar-refractivity contribution < 1.29 is 0 Å². The number of nitrogens with one attached hydrogen (secondary N) is 1. The summed E-state index contributed by atoms with van der Waals surface area (Å²) in [7, 11) is 4.15. The molecule has 72 valence electrons. The summed E-state index contributed by atoms with van der Waals surface area (Å²) in [6.07, 6.45) is 4.18. The zero-order valence-corrected chi connectivity index (χ0v) is 8.80. The van der Waals surface area contributed by atoms with E-state index in [1.54, 1.807) is 0 Å². The lowest BCUT2D eigenvalue weighted by molar-refractivity contribution is 0.124. The minimum Gasteiger partial charge on any atom is -0.252 e. The third-order valence-corrected chi connectivity index (χ3v) is 2.95. The minimum atomic E-state index is 0.689. The van der Waals surface area contributed by atoms with E-state index in [0.717, 1.165) is 11.8 Å². The molecule has 2 nitrogen and oxygen atoms in total. The number of rotatable bonds is 2. The standard InChI is InChI=1S/C10H22N2/c1-8-6-5-7-9(2)10(8)11-12(3)4/h8-11H,5-7H2,1-4H3. The van der Waals surface area contributed by atoms with Crippen molar-refractivity contribution in [1.29, 1.82) is 0 Å². The van der Waals surface area contributed by atoms with Gasteiger partial charge in [-0.2, -0.15) is 0 Å².